The van der Waals surface area contributed by atoms with Crippen LogP contribution in [0.1, 0.15) is 74.8 Å². The number of rotatable bonds is 7. The number of hydrogen-bond acceptors (Lipinski definition) is 6. The van der Waals surface area contributed by atoms with Gasteiger partial charge in [-0.3, -0.25) is 24.6 Å². The molecule has 2 saturated heterocycles. The number of piperazine rings is 1. The number of carbonyl (C=O) groups excluding carboxylic acids is 3. The maximum atomic E-state index is 13.1. The Morgan fingerprint density at radius 2 is 1.55 bits per heavy atom. The number of anilines is 1. The Balaban J connectivity index is 0.886. The first kappa shape index (κ1) is 31.3. The molecule has 3 aliphatic heterocycles. The number of amides is 3. The fourth-order valence-electron chi connectivity index (χ4n) is 8.47. The van der Waals surface area contributed by atoms with Crippen molar-refractivity contribution in [3.05, 3.63) is 130 Å². The molecule has 0 aromatic heterocycles. The Labute approximate surface area is 287 Å². The minimum Gasteiger partial charge on any atom is -0.508 e. The van der Waals surface area contributed by atoms with Crippen LogP contribution >= 0.6 is 0 Å². The Morgan fingerprint density at radius 3 is 2.33 bits per heavy atom. The molecule has 250 valence electrons. The maximum Gasteiger partial charge on any atom is 0.255 e. The van der Waals surface area contributed by atoms with Gasteiger partial charge < -0.3 is 14.9 Å². The van der Waals surface area contributed by atoms with Crippen molar-refractivity contribution in [3.8, 4) is 5.75 Å². The number of aromatic hydroxyl groups is 1. The third-order valence-electron chi connectivity index (χ3n) is 11.1. The van der Waals surface area contributed by atoms with Crippen molar-refractivity contribution in [2.75, 3.05) is 37.6 Å². The molecule has 8 nitrogen and oxygen atoms in total. The van der Waals surface area contributed by atoms with Crippen molar-refractivity contribution in [2.45, 2.75) is 56.5 Å². The molecule has 4 aromatic carbocycles. The molecule has 0 spiro atoms. The average molecular weight is 655 g/mol. The Morgan fingerprint density at radius 1 is 0.755 bits per heavy atom. The van der Waals surface area contributed by atoms with E-state index in [2.05, 4.69) is 81.8 Å². The SMILES string of the molecule is O=C1CCC(N2Cc3cc(CCN4CCN(c5ccc([C@@H]6c7ccc(O)cc7CC[C@@H]6c6ccccc6)cc5)CC4)ccc3C2=O)C(=O)N1. The number of hydrogen-bond donors (Lipinski definition) is 2. The molecule has 1 unspecified atom stereocenters. The zero-order valence-corrected chi connectivity index (χ0v) is 27.7. The first-order valence-corrected chi connectivity index (χ1v) is 17.6. The molecule has 0 saturated carbocycles. The molecule has 3 amide bonds. The summed E-state index contributed by atoms with van der Waals surface area (Å²) in [6, 6.07) is 31.4. The van der Waals surface area contributed by atoms with Crippen LogP contribution in [0.2, 0.25) is 0 Å². The van der Waals surface area contributed by atoms with Gasteiger partial charge in [0.2, 0.25) is 11.8 Å². The van der Waals surface area contributed by atoms with Crippen LogP contribution in [0.25, 0.3) is 0 Å². The molecule has 49 heavy (non-hydrogen) atoms. The van der Waals surface area contributed by atoms with Crippen LogP contribution < -0.4 is 10.2 Å². The average Bonchev–Trinajstić information content (AvgIpc) is 3.45. The van der Waals surface area contributed by atoms with E-state index in [1.165, 1.54) is 33.5 Å². The van der Waals surface area contributed by atoms with Gasteiger partial charge in [0.05, 0.1) is 0 Å². The Kier molecular flexibility index (Phi) is 8.41. The van der Waals surface area contributed by atoms with Gasteiger partial charge in [-0.25, -0.2) is 0 Å². The molecule has 0 radical (unpaired) electrons. The highest BCUT2D eigenvalue weighted by molar-refractivity contribution is 6.05. The van der Waals surface area contributed by atoms with E-state index in [1.807, 2.05) is 24.3 Å². The second-order valence-corrected chi connectivity index (χ2v) is 14.0. The molecule has 8 heteroatoms. The van der Waals surface area contributed by atoms with E-state index < -0.39 is 6.04 Å². The van der Waals surface area contributed by atoms with Gasteiger partial charge in [0.25, 0.3) is 5.91 Å². The van der Waals surface area contributed by atoms with E-state index >= 15 is 0 Å². The summed E-state index contributed by atoms with van der Waals surface area (Å²) in [5, 5.41) is 12.6. The fourth-order valence-corrected chi connectivity index (χ4v) is 8.47. The number of benzene rings is 4. The summed E-state index contributed by atoms with van der Waals surface area (Å²) in [7, 11) is 0. The molecule has 4 aromatic rings. The largest absolute Gasteiger partial charge is 0.508 e. The van der Waals surface area contributed by atoms with Gasteiger partial charge in [-0.15, -0.1) is 0 Å². The van der Waals surface area contributed by atoms with Crippen LogP contribution in [0.3, 0.4) is 0 Å². The lowest BCUT2D eigenvalue weighted by molar-refractivity contribution is -0.136. The molecule has 3 heterocycles. The molecule has 2 N–H and O–H groups in total. The lowest BCUT2D eigenvalue weighted by atomic mass is 9.69. The summed E-state index contributed by atoms with van der Waals surface area (Å²) >= 11 is 0. The number of phenols is 1. The molecule has 4 aliphatic rings. The monoisotopic (exact) mass is 654 g/mol. The molecular formula is C41H42N4O4. The van der Waals surface area contributed by atoms with E-state index in [9.17, 15) is 19.5 Å². The van der Waals surface area contributed by atoms with Crippen LogP contribution in [0, 0.1) is 0 Å². The van der Waals surface area contributed by atoms with Gasteiger partial charge in [0.15, 0.2) is 0 Å². The van der Waals surface area contributed by atoms with Crippen LogP contribution in [0.15, 0.2) is 91.0 Å². The number of fused-ring (bicyclic) bond motifs is 2. The number of imide groups is 1. The highest BCUT2D eigenvalue weighted by atomic mass is 16.3. The Bertz CT molecular complexity index is 1880. The predicted octanol–water partition coefficient (Wildman–Crippen LogP) is 5.38. The van der Waals surface area contributed by atoms with E-state index in [0.717, 1.165) is 57.5 Å². The third kappa shape index (κ3) is 6.21. The molecule has 8 rings (SSSR count). The minimum absolute atomic E-state index is 0.125. The van der Waals surface area contributed by atoms with Crippen molar-refractivity contribution in [1.29, 1.82) is 0 Å². The molecule has 3 atom stereocenters. The zero-order valence-electron chi connectivity index (χ0n) is 27.7. The van der Waals surface area contributed by atoms with E-state index in [0.29, 0.717) is 30.2 Å². The minimum atomic E-state index is -0.584. The lowest BCUT2D eigenvalue weighted by Gasteiger charge is -2.37. The number of nitrogens with zero attached hydrogens (tertiary/aromatic N) is 3. The van der Waals surface area contributed by atoms with Crippen LogP contribution in [-0.4, -0.2) is 71.4 Å². The number of phenolic OH excluding ortho intramolecular Hbond substituents is 1. The van der Waals surface area contributed by atoms with Crippen LogP contribution in [0.4, 0.5) is 5.69 Å². The van der Waals surface area contributed by atoms with Gasteiger partial charge in [0, 0.05) is 62.9 Å². The van der Waals surface area contributed by atoms with Crippen molar-refractivity contribution in [1.82, 2.24) is 15.1 Å². The molecular weight excluding hydrogens is 612 g/mol. The fraction of sp³-hybridized carbons (Fsp3) is 0.341. The van der Waals surface area contributed by atoms with Gasteiger partial charge >= 0.3 is 0 Å². The number of nitrogens with one attached hydrogen (secondary N) is 1. The highest BCUT2D eigenvalue weighted by Crippen LogP contribution is 2.47. The smallest absolute Gasteiger partial charge is 0.255 e. The lowest BCUT2D eigenvalue weighted by Crippen LogP contribution is -2.52. The van der Waals surface area contributed by atoms with Gasteiger partial charge in [-0.2, -0.15) is 0 Å². The maximum absolute atomic E-state index is 13.1. The zero-order chi connectivity index (χ0) is 33.5. The first-order valence-electron chi connectivity index (χ1n) is 17.6. The topological polar surface area (TPSA) is 93.2 Å². The Hall–Kier alpha value is -4.95. The van der Waals surface area contributed by atoms with Gasteiger partial charge in [-0.05, 0) is 95.3 Å². The summed E-state index contributed by atoms with van der Waals surface area (Å²) in [4.78, 5) is 43.6. The second kappa shape index (κ2) is 13.2. The standard InChI is InChI=1S/C41H42N4O4/c46-33-12-15-35-30(25-33)9-14-34(28-4-2-1-3-5-28)39(35)29-7-10-32(11-8-29)44-22-20-43(21-23-44)19-18-27-6-13-36-31(24-27)26-45(41(36)49)37-16-17-38(47)42-40(37)48/h1-8,10-13,15,24-25,34,37,39,46H,9,14,16-23,26H2,(H,42,47,48)/t34-,37?,39+/m1/s1. The number of piperidine rings is 1. The normalized spacial score (nSPS) is 22.5. The van der Waals surface area contributed by atoms with E-state index in [1.54, 1.807) is 4.90 Å². The second-order valence-electron chi connectivity index (χ2n) is 14.0. The van der Waals surface area contributed by atoms with E-state index in [4.69, 9.17) is 0 Å². The summed E-state index contributed by atoms with van der Waals surface area (Å²) in [5.74, 6) is 0.208. The molecule has 0 bridgehead atoms. The predicted molar refractivity (Wildman–Crippen MR) is 189 cm³/mol. The summed E-state index contributed by atoms with van der Waals surface area (Å²) in [6.07, 6.45) is 3.57. The summed E-state index contributed by atoms with van der Waals surface area (Å²) < 4.78 is 0. The van der Waals surface area contributed by atoms with Crippen molar-refractivity contribution in [3.63, 3.8) is 0 Å². The summed E-state index contributed by atoms with van der Waals surface area (Å²) in [6.45, 7) is 5.28. The van der Waals surface area contributed by atoms with Crippen molar-refractivity contribution in [2.24, 2.45) is 0 Å². The van der Waals surface area contributed by atoms with E-state index in [-0.39, 0.29) is 30.1 Å². The highest BCUT2D eigenvalue weighted by Gasteiger charge is 2.39. The summed E-state index contributed by atoms with van der Waals surface area (Å²) in [5.41, 5.74) is 9.34. The molecule has 2 fully saturated rings. The molecule has 1 aliphatic carbocycles. The van der Waals surface area contributed by atoms with Gasteiger partial charge in [-0.1, -0.05) is 60.7 Å². The van der Waals surface area contributed by atoms with Crippen molar-refractivity contribution < 1.29 is 19.5 Å². The quantitative estimate of drug-likeness (QED) is 0.260. The van der Waals surface area contributed by atoms with Crippen LogP contribution in [0.5, 0.6) is 5.75 Å². The first-order chi connectivity index (χ1) is 23.9. The van der Waals surface area contributed by atoms with Crippen molar-refractivity contribution >= 4 is 23.4 Å². The number of carbonyl (C=O) groups is 3. The third-order valence-corrected chi connectivity index (χ3v) is 11.1. The van der Waals surface area contributed by atoms with Crippen LogP contribution in [-0.2, 0) is 29.0 Å². The number of aryl methyl sites for hydroxylation is 1. The van der Waals surface area contributed by atoms with Gasteiger partial charge in [0.1, 0.15) is 11.8 Å².